The molecule has 8 heteroatoms. The average Bonchev–Trinajstić information content (AvgIpc) is 2.94. The number of benzene rings is 1. The van der Waals surface area contributed by atoms with E-state index in [2.05, 4.69) is 32.4 Å². The number of hydrogen-bond acceptors (Lipinski definition) is 6. The molecule has 0 spiro atoms. The van der Waals surface area contributed by atoms with Crippen LogP contribution in [0.25, 0.3) is 0 Å². The molecule has 0 saturated heterocycles. The summed E-state index contributed by atoms with van der Waals surface area (Å²) in [5.41, 5.74) is 2.89. The van der Waals surface area contributed by atoms with E-state index in [1.54, 1.807) is 11.8 Å². The summed E-state index contributed by atoms with van der Waals surface area (Å²) in [5.74, 6) is 1.90. The zero-order valence-corrected chi connectivity index (χ0v) is 15.9. The van der Waals surface area contributed by atoms with Crippen LogP contribution in [-0.2, 0) is 12.3 Å². The Morgan fingerprint density at radius 3 is 2.52 bits per heavy atom. The topological polar surface area (TPSA) is 68.5 Å². The molecule has 1 N–H and O–H groups in total. The van der Waals surface area contributed by atoms with Crippen molar-refractivity contribution in [3.05, 3.63) is 52.3 Å². The van der Waals surface area contributed by atoms with E-state index in [1.165, 1.54) is 0 Å². The lowest BCUT2D eigenvalue weighted by atomic mass is 10.2. The minimum absolute atomic E-state index is 0.530. The van der Waals surface area contributed by atoms with Crippen molar-refractivity contribution >= 4 is 35.3 Å². The van der Waals surface area contributed by atoms with Crippen molar-refractivity contribution < 1.29 is 0 Å². The van der Waals surface area contributed by atoms with E-state index in [9.17, 15) is 0 Å². The van der Waals surface area contributed by atoms with Gasteiger partial charge >= 0.3 is 0 Å². The number of nitrogens with one attached hydrogen (secondary N) is 1. The van der Waals surface area contributed by atoms with Crippen LogP contribution in [0.2, 0.25) is 5.02 Å². The Bertz CT molecular complexity index is 859. The maximum Gasteiger partial charge on any atom is 0.232 e. The summed E-state index contributed by atoms with van der Waals surface area (Å²) in [4.78, 5) is 8.78. The highest BCUT2D eigenvalue weighted by Gasteiger charge is 2.13. The third kappa shape index (κ3) is 4.29. The molecule has 0 bridgehead atoms. The molecule has 1 aromatic carbocycles. The molecule has 0 atom stereocenters. The summed E-state index contributed by atoms with van der Waals surface area (Å²) >= 11 is 7.82. The van der Waals surface area contributed by atoms with Crippen molar-refractivity contribution in [2.75, 3.05) is 5.32 Å². The van der Waals surface area contributed by atoms with Gasteiger partial charge in [0.2, 0.25) is 11.9 Å². The van der Waals surface area contributed by atoms with Crippen LogP contribution in [0.4, 0.5) is 11.9 Å². The highest BCUT2D eigenvalue weighted by atomic mass is 35.5. The van der Waals surface area contributed by atoms with Crippen molar-refractivity contribution in [2.24, 2.45) is 0 Å². The molecule has 3 rings (SSSR count). The minimum Gasteiger partial charge on any atom is -0.293 e. The average molecular weight is 375 g/mol. The maximum absolute atomic E-state index is 6.22. The summed E-state index contributed by atoms with van der Waals surface area (Å²) in [6.07, 6.45) is 0. The van der Waals surface area contributed by atoms with Crippen molar-refractivity contribution in [3.8, 4) is 0 Å². The van der Waals surface area contributed by atoms with Crippen LogP contribution in [0.3, 0.4) is 0 Å². The van der Waals surface area contributed by atoms with Crippen LogP contribution in [-0.4, -0.2) is 24.7 Å². The molecular weight excluding hydrogens is 356 g/mol. The number of halogens is 1. The Morgan fingerprint density at radius 1 is 1.12 bits per heavy atom. The lowest BCUT2D eigenvalue weighted by Crippen LogP contribution is -2.07. The van der Waals surface area contributed by atoms with Crippen molar-refractivity contribution in [2.45, 2.75) is 38.2 Å². The number of aromatic nitrogens is 5. The van der Waals surface area contributed by atoms with Crippen LogP contribution < -0.4 is 5.32 Å². The number of aryl methyl sites for hydroxylation is 2. The van der Waals surface area contributed by atoms with Crippen molar-refractivity contribution in [1.29, 1.82) is 0 Å². The second kappa shape index (κ2) is 7.84. The SMILES string of the molecule is CCn1c(Nc2nc(C)cc(C)n2)nnc1SCc1ccccc1Cl. The first-order valence-corrected chi connectivity index (χ1v) is 9.32. The van der Waals surface area contributed by atoms with Crippen LogP contribution in [0.15, 0.2) is 35.5 Å². The van der Waals surface area contributed by atoms with E-state index < -0.39 is 0 Å². The minimum atomic E-state index is 0.530. The van der Waals surface area contributed by atoms with Gasteiger partial charge < -0.3 is 0 Å². The number of rotatable bonds is 6. The van der Waals surface area contributed by atoms with Crippen LogP contribution in [0, 0.1) is 13.8 Å². The molecule has 0 aliphatic heterocycles. The highest BCUT2D eigenvalue weighted by molar-refractivity contribution is 7.98. The van der Waals surface area contributed by atoms with Gasteiger partial charge in [-0.2, -0.15) is 0 Å². The fourth-order valence-corrected chi connectivity index (χ4v) is 3.70. The molecule has 2 heterocycles. The zero-order chi connectivity index (χ0) is 17.8. The third-order valence-electron chi connectivity index (χ3n) is 3.55. The van der Waals surface area contributed by atoms with E-state index in [0.717, 1.165) is 39.4 Å². The molecule has 0 radical (unpaired) electrons. The number of nitrogens with zero attached hydrogens (tertiary/aromatic N) is 5. The molecule has 130 valence electrons. The summed E-state index contributed by atoms with van der Waals surface area (Å²) in [5, 5.41) is 13.3. The second-order valence-corrected chi connectivity index (χ2v) is 6.88. The fourth-order valence-electron chi connectivity index (χ4n) is 2.41. The molecule has 3 aromatic rings. The van der Waals surface area contributed by atoms with E-state index in [0.29, 0.717) is 11.9 Å². The van der Waals surface area contributed by atoms with E-state index >= 15 is 0 Å². The molecule has 25 heavy (non-hydrogen) atoms. The van der Waals surface area contributed by atoms with Crippen LogP contribution in [0.5, 0.6) is 0 Å². The lowest BCUT2D eigenvalue weighted by molar-refractivity contribution is 0.687. The quantitative estimate of drug-likeness (QED) is 0.645. The largest absolute Gasteiger partial charge is 0.293 e. The smallest absolute Gasteiger partial charge is 0.232 e. The Kier molecular flexibility index (Phi) is 5.55. The van der Waals surface area contributed by atoms with Gasteiger partial charge in [-0.05, 0) is 38.5 Å². The molecule has 0 fully saturated rings. The van der Waals surface area contributed by atoms with Gasteiger partial charge in [0.25, 0.3) is 0 Å². The second-order valence-electron chi connectivity index (χ2n) is 5.53. The van der Waals surface area contributed by atoms with Gasteiger partial charge in [0.1, 0.15) is 0 Å². The Hall–Kier alpha value is -2.12. The van der Waals surface area contributed by atoms with E-state index in [-0.39, 0.29) is 0 Å². The predicted molar refractivity (Wildman–Crippen MR) is 101 cm³/mol. The van der Waals surface area contributed by atoms with Gasteiger partial charge in [-0.15, -0.1) is 10.2 Å². The van der Waals surface area contributed by atoms with E-state index in [1.807, 2.05) is 48.7 Å². The van der Waals surface area contributed by atoms with Crippen molar-refractivity contribution in [1.82, 2.24) is 24.7 Å². The monoisotopic (exact) mass is 374 g/mol. The number of thioether (sulfide) groups is 1. The summed E-state index contributed by atoms with van der Waals surface area (Å²) in [6, 6.07) is 9.76. The first-order valence-electron chi connectivity index (χ1n) is 7.95. The standard InChI is InChI=1S/C17H19ClN6S/c1-4-24-16(21-15-19-11(2)9-12(3)20-15)22-23-17(24)25-10-13-7-5-6-8-14(13)18/h5-9H,4,10H2,1-3H3,(H,19,20,21,22). The van der Waals surface area contributed by atoms with Crippen molar-refractivity contribution in [3.63, 3.8) is 0 Å². The zero-order valence-electron chi connectivity index (χ0n) is 14.3. The van der Waals surface area contributed by atoms with Gasteiger partial charge in [-0.1, -0.05) is 41.6 Å². The fraction of sp³-hybridized carbons (Fsp3) is 0.294. The third-order valence-corrected chi connectivity index (χ3v) is 4.94. The Morgan fingerprint density at radius 2 is 1.84 bits per heavy atom. The highest BCUT2D eigenvalue weighted by Crippen LogP contribution is 2.27. The first kappa shape index (κ1) is 17.7. The van der Waals surface area contributed by atoms with Gasteiger partial charge in [0.15, 0.2) is 5.16 Å². The molecule has 6 nitrogen and oxygen atoms in total. The van der Waals surface area contributed by atoms with Crippen LogP contribution in [0.1, 0.15) is 23.9 Å². The first-order chi connectivity index (χ1) is 12.1. The molecule has 0 unspecified atom stereocenters. The van der Waals surface area contributed by atoms with Gasteiger partial charge in [-0.3, -0.25) is 9.88 Å². The summed E-state index contributed by atoms with van der Waals surface area (Å²) in [7, 11) is 0. The molecule has 0 saturated carbocycles. The number of hydrogen-bond donors (Lipinski definition) is 1. The van der Waals surface area contributed by atoms with Gasteiger partial charge in [0, 0.05) is 28.7 Å². The number of anilines is 2. The lowest BCUT2D eigenvalue weighted by Gasteiger charge is -2.09. The molecule has 0 aliphatic carbocycles. The molecule has 0 aliphatic rings. The molecule has 2 aromatic heterocycles. The molecular formula is C17H19ClN6S. The van der Waals surface area contributed by atoms with E-state index in [4.69, 9.17) is 11.6 Å². The molecule has 0 amide bonds. The maximum atomic E-state index is 6.22. The normalized spacial score (nSPS) is 10.9. The van der Waals surface area contributed by atoms with Gasteiger partial charge in [-0.25, -0.2) is 9.97 Å². The van der Waals surface area contributed by atoms with Crippen LogP contribution >= 0.6 is 23.4 Å². The Labute approximate surface area is 156 Å². The summed E-state index contributed by atoms with van der Waals surface area (Å²) in [6.45, 7) is 6.67. The Balaban J connectivity index is 1.77. The summed E-state index contributed by atoms with van der Waals surface area (Å²) < 4.78 is 2.00. The van der Waals surface area contributed by atoms with Gasteiger partial charge in [0.05, 0.1) is 0 Å². The predicted octanol–water partition coefficient (Wildman–Crippen LogP) is 4.39.